The number of aryl methyl sites for hydroxylation is 1. The third kappa shape index (κ3) is 3.34. The van der Waals surface area contributed by atoms with Crippen LogP contribution in [-0.2, 0) is 9.59 Å². The van der Waals surface area contributed by atoms with Crippen molar-refractivity contribution in [2.24, 2.45) is 0 Å². The Kier molecular flexibility index (Phi) is 4.91. The Hall–Kier alpha value is -2.57. The number of hydrogen-bond acceptors (Lipinski definition) is 5. The predicted molar refractivity (Wildman–Crippen MR) is 121 cm³/mol. The van der Waals surface area contributed by atoms with Crippen LogP contribution in [0.25, 0.3) is 20.8 Å². The first-order valence-electron chi connectivity index (χ1n) is 10.6. The summed E-state index contributed by atoms with van der Waals surface area (Å²) < 4.78 is 1.16. The summed E-state index contributed by atoms with van der Waals surface area (Å²) in [4.78, 5) is 34.2. The van der Waals surface area contributed by atoms with Crippen molar-refractivity contribution in [1.29, 1.82) is 0 Å². The molecular formula is C24H25N3O2S. The zero-order valence-electron chi connectivity index (χ0n) is 17.3. The first-order chi connectivity index (χ1) is 14.5. The largest absolute Gasteiger partial charge is 0.289 e. The molecule has 30 heavy (non-hydrogen) atoms. The number of anilines is 1. The molecule has 0 saturated carbocycles. The SMILES string of the molecule is Cc1ccc2nc(-c3ccc(N4C(=O)CC(N5CCCCC5C)C4=O)cc3)sc2c1. The number of rotatable bonds is 3. The molecular weight excluding hydrogens is 394 g/mol. The summed E-state index contributed by atoms with van der Waals surface area (Å²) in [6.07, 6.45) is 3.66. The minimum absolute atomic E-state index is 0.0861. The van der Waals surface area contributed by atoms with Crippen molar-refractivity contribution in [3.05, 3.63) is 48.0 Å². The minimum atomic E-state index is -0.319. The van der Waals surface area contributed by atoms with Crippen LogP contribution in [0.1, 0.15) is 38.2 Å². The van der Waals surface area contributed by atoms with Crippen LogP contribution in [0, 0.1) is 6.92 Å². The quantitative estimate of drug-likeness (QED) is 0.574. The van der Waals surface area contributed by atoms with Crippen molar-refractivity contribution >= 4 is 39.1 Å². The van der Waals surface area contributed by atoms with Gasteiger partial charge in [-0.25, -0.2) is 9.88 Å². The summed E-state index contributed by atoms with van der Waals surface area (Å²) in [7, 11) is 0. The van der Waals surface area contributed by atoms with Crippen LogP contribution in [0.5, 0.6) is 0 Å². The number of hydrogen-bond donors (Lipinski definition) is 0. The first kappa shape index (κ1) is 19.4. The van der Waals surface area contributed by atoms with Crippen LogP contribution in [0.2, 0.25) is 0 Å². The molecule has 5 nitrogen and oxygen atoms in total. The first-order valence-corrected chi connectivity index (χ1v) is 11.4. The number of carbonyl (C=O) groups excluding carboxylic acids is 2. The summed E-state index contributed by atoms with van der Waals surface area (Å²) in [5, 5.41) is 0.946. The van der Waals surface area contributed by atoms with E-state index in [1.807, 2.05) is 30.3 Å². The summed E-state index contributed by atoms with van der Waals surface area (Å²) in [5.74, 6) is -0.192. The van der Waals surface area contributed by atoms with Crippen LogP contribution < -0.4 is 4.90 Å². The maximum atomic E-state index is 13.1. The Balaban J connectivity index is 1.39. The normalized spacial score (nSPS) is 22.9. The summed E-state index contributed by atoms with van der Waals surface area (Å²) in [6, 6.07) is 13.9. The Labute approximate surface area is 180 Å². The molecule has 2 unspecified atom stereocenters. The number of benzene rings is 2. The second-order valence-corrected chi connectivity index (χ2v) is 9.44. The Morgan fingerprint density at radius 1 is 1.07 bits per heavy atom. The number of carbonyl (C=O) groups is 2. The topological polar surface area (TPSA) is 53.5 Å². The van der Waals surface area contributed by atoms with Gasteiger partial charge >= 0.3 is 0 Å². The highest BCUT2D eigenvalue weighted by atomic mass is 32.1. The van der Waals surface area contributed by atoms with E-state index >= 15 is 0 Å². The zero-order valence-corrected chi connectivity index (χ0v) is 18.1. The fourth-order valence-corrected chi connectivity index (χ4v) is 5.71. The van der Waals surface area contributed by atoms with Crippen molar-refractivity contribution in [3.63, 3.8) is 0 Å². The molecule has 0 bridgehead atoms. The van der Waals surface area contributed by atoms with Crippen LogP contribution in [-0.4, -0.2) is 40.3 Å². The fourth-order valence-electron chi connectivity index (χ4n) is 4.64. The molecule has 2 aromatic carbocycles. The number of fused-ring (bicyclic) bond motifs is 1. The second kappa shape index (κ2) is 7.60. The van der Waals surface area contributed by atoms with E-state index < -0.39 is 0 Å². The van der Waals surface area contributed by atoms with Gasteiger partial charge in [-0.1, -0.05) is 12.5 Å². The third-order valence-electron chi connectivity index (χ3n) is 6.29. The van der Waals surface area contributed by atoms with E-state index in [1.165, 1.54) is 16.9 Å². The van der Waals surface area contributed by atoms with Gasteiger partial charge in [-0.05, 0) is 75.2 Å². The van der Waals surface area contributed by atoms with Gasteiger partial charge in [0.2, 0.25) is 5.91 Å². The highest BCUT2D eigenvalue weighted by molar-refractivity contribution is 7.21. The number of aromatic nitrogens is 1. The van der Waals surface area contributed by atoms with E-state index in [9.17, 15) is 9.59 Å². The Morgan fingerprint density at radius 2 is 1.87 bits per heavy atom. The molecule has 2 fully saturated rings. The average molecular weight is 420 g/mol. The van der Waals surface area contributed by atoms with Gasteiger partial charge in [0, 0.05) is 11.6 Å². The van der Waals surface area contributed by atoms with Gasteiger partial charge in [-0.3, -0.25) is 14.5 Å². The summed E-state index contributed by atoms with van der Waals surface area (Å²) in [5.41, 5.74) is 3.86. The lowest BCUT2D eigenvalue weighted by molar-refractivity contribution is -0.123. The number of thiazole rings is 1. The van der Waals surface area contributed by atoms with Crippen molar-refractivity contribution in [2.75, 3.05) is 11.4 Å². The molecule has 2 aliphatic heterocycles. The van der Waals surface area contributed by atoms with Gasteiger partial charge in [0.1, 0.15) is 5.01 Å². The minimum Gasteiger partial charge on any atom is -0.289 e. The van der Waals surface area contributed by atoms with Crippen LogP contribution in [0.15, 0.2) is 42.5 Å². The lowest BCUT2D eigenvalue weighted by Crippen LogP contribution is -2.48. The van der Waals surface area contributed by atoms with Crippen molar-refractivity contribution in [1.82, 2.24) is 9.88 Å². The van der Waals surface area contributed by atoms with Crippen molar-refractivity contribution in [3.8, 4) is 10.6 Å². The molecule has 5 rings (SSSR count). The van der Waals surface area contributed by atoms with Gasteiger partial charge in [0.25, 0.3) is 5.91 Å². The van der Waals surface area contributed by atoms with Crippen molar-refractivity contribution < 1.29 is 9.59 Å². The molecule has 1 aromatic heterocycles. The van der Waals surface area contributed by atoms with E-state index in [0.29, 0.717) is 11.7 Å². The monoisotopic (exact) mass is 419 g/mol. The van der Waals surface area contributed by atoms with Crippen LogP contribution in [0.4, 0.5) is 5.69 Å². The molecule has 0 radical (unpaired) electrons. The molecule has 2 atom stereocenters. The van der Waals surface area contributed by atoms with Gasteiger partial charge in [0.15, 0.2) is 0 Å². The van der Waals surface area contributed by atoms with Gasteiger partial charge < -0.3 is 0 Å². The van der Waals surface area contributed by atoms with E-state index in [2.05, 4.69) is 30.9 Å². The molecule has 2 saturated heterocycles. The molecule has 2 amide bonds. The van der Waals surface area contributed by atoms with E-state index in [0.717, 1.165) is 40.2 Å². The van der Waals surface area contributed by atoms with E-state index in [-0.39, 0.29) is 24.3 Å². The van der Waals surface area contributed by atoms with E-state index in [4.69, 9.17) is 4.98 Å². The smallest absolute Gasteiger partial charge is 0.251 e. The standard InChI is InChI=1S/C24H25N3O2S/c1-15-6-11-19-21(13-15)30-23(25-19)17-7-9-18(10-8-17)27-22(28)14-20(24(27)29)26-12-4-3-5-16(26)2/h6-11,13,16,20H,3-5,12,14H2,1-2H3. The highest BCUT2D eigenvalue weighted by Crippen LogP contribution is 2.34. The van der Waals surface area contributed by atoms with Gasteiger partial charge in [-0.2, -0.15) is 0 Å². The summed E-state index contributed by atoms with van der Waals surface area (Å²) in [6.45, 7) is 5.14. The van der Waals surface area contributed by atoms with Gasteiger partial charge in [-0.15, -0.1) is 11.3 Å². The number of nitrogens with zero attached hydrogens (tertiary/aromatic N) is 3. The number of piperidine rings is 1. The van der Waals surface area contributed by atoms with Crippen LogP contribution >= 0.6 is 11.3 Å². The molecule has 2 aliphatic rings. The summed E-state index contributed by atoms with van der Waals surface area (Å²) >= 11 is 1.66. The fraction of sp³-hybridized carbons (Fsp3) is 0.375. The predicted octanol–water partition coefficient (Wildman–Crippen LogP) is 4.78. The van der Waals surface area contributed by atoms with E-state index in [1.54, 1.807) is 11.3 Å². The second-order valence-electron chi connectivity index (χ2n) is 8.41. The number of imide groups is 1. The lowest BCUT2D eigenvalue weighted by atomic mass is 10.0. The van der Waals surface area contributed by atoms with Crippen LogP contribution in [0.3, 0.4) is 0 Å². The Morgan fingerprint density at radius 3 is 2.63 bits per heavy atom. The molecule has 0 N–H and O–H groups in total. The maximum absolute atomic E-state index is 13.1. The number of likely N-dealkylation sites (tertiary alicyclic amines) is 1. The molecule has 0 spiro atoms. The highest BCUT2D eigenvalue weighted by Gasteiger charge is 2.44. The molecule has 3 heterocycles. The third-order valence-corrected chi connectivity index (χ3v) is 7.36. The molecule has 0 aliphatic carbocycles. The lowest BCUT2D eigenvalue weighted by Gasteiger charge is -2.36. The molecule has 6 heteroatoms. The van der Waals surface area contributed by atoms with Gasteiger partial charge in [0.05, 0.1) is 28.4 Å². The number of amides is 2. The molecule has 3 aromatic rings. The van der Waals surface area contributed by atoms with Crippen molar-refractivity contribution in [2.45, 2.75) is 51.6 Å². The average Bonchev–Trinajstić information content (AvgIpc) is 3.28. The molecule has 154 valence electrons. The zero-order chi connectivity index (χ0) is 20.8. The maximum Gasteiger partial charge on any atom is 0.251 e. The Bertz CT molecular complexity index is 1120.